The zero-order valence-corrected chi connectivity index (χ0v) is 12.9. The van der Waals surface area contributed by atoms with E-state index in [2.05, 4.69) is 35.9 Å². The van der Waals surface area contributed by atoms with Crippen LogP contribution in [0.5, 0.6) is 5.75 Å². The van der Waals surface area contributed by atoms with Crippen LogP contribution in [0.1, 0.15) is 24.9 Å². The van der Waals surface area contributed by atoms with Gasteiger partial charge in [-0.1, -0.05) is 12.1 Å². The fraction of sp³-hybridized carbons (Fsp3) is 0.625. The van der Waals surface area contributed by atoms with E-state index in [1.165, 1.54) is 12.0 Å². The first-order valence-electron chi connectivity index (χ1n) is 7.44. The van der Waals surface area contributed by atoms with Crippen LogP contribution in [0, 0.1) is 0 Å². The number of nitrogens with zero attached hydrogens (tertiary/aromatic N) is 2. The van der Waals surface area contributed by atoms with Gasteiger partial charge in [0.1, 0.15) is 5.75 Å². The molecule has 0 saturated carbocycles. The third-order valence-corrected chi connectivity index (χ3v) is 4.20. The van der Waals surface area contributed by atoms with E-state index in [4.69, 9.17) is 10.5 Å². The summed E-state index contributed by atoms with van der Waals surface area (Å²) in [5.41, 5.74) is 7.33. The Labute approximate surface area is 122 Å². The van der Waals surface area contributed by atoms with E-state index in [0.29, 0.717) is 12.6 Å². The molecule has 20 heavy (non-hydrogen) atoms. The smallest absolute Gasteiger partial charge is 0.119 e. The molecule has 1 aromatic carbocycles. The Balaban J connectivity index is 2.21. The number of hydrogen-bond donors (Lipinski definition) is 1. The largest absolute Gasteiger partial charge is 0.497 e. The van der Waals surface area contributed by atoms with Gasteiger partial charge >= 0.3 is 0 Å². The third kappa shape index (κ3) is 3.51. The molecule has 1 aromatic rings. The van der Waals surface area contributed by atoms with Gasteiger partial charge in [0.05, 0.1) is 7.11 Å². The first-order valence-corrected chi connectivity index (χ1v) is 7.44. The van der Waals surface area contributed by atoms with Crippen LogP contribution in [0.15, 0.2) is 24.3 Å². The molecule has 1 aliphatic heterocycles. The van der Waals surface area contributed by atoms with Crippen molar-refractivity contribution in [2.45, 2.75) is 25.4 Å². The normalized spacial score (nSPS) is 23.3. The van der Waals surface area contributed by atoms with Crippen molar-refractivity contribution in [2.24, 2.45) is 5.73 Å². The quantitative estimate of drug-likeness (QED) is 0.910. The Morgan fingerprint density at radius 3 is 2.90 bits per heavy atom. The number of methoxy groups -OCH3 is 1. The minimum atomic E-state index is 0.270. The van der Waals surface area contributed by atoms with Crippen LogP contribution in [0.3, 0.4) is 0 Å². The molecule has 0 aliphatic carbocycles. The zero-order valence-electron chi connectivity index (χ0n) is 12.9. The lowest BCUT2D eigenvalue weighted by Crippen LogP contribution is -2.42. The summed E-state index contributed by atoms with van der Waals surface area (Å²) in [6.45, 7) is 6.30. The van der Waals surface area contributed by atoms with Crippen LogP contribution in [-0.2, 0) is 0 Å². The maximum atomic E-state index is 6.08. The standard InChI is InChI=1S/C16H27N3O/c1-13-12-18(2)8-5-9-19(13)16(11-17)14-6-4-7-15(10-14)20-3/h4,6-7,10,13,16H,5,8-9,11-12,17H2,1-3H3. The molecule has 0 radical (unpaired) electrons. The Morgan fingerprint density at radius 2 is 2.20 bits per heavy atom. The molecule has 0 spiro atoms. The molecule has 2 N–H and O–H groups in total. The summed E-state index contributed by atoms with van der Waals surface area (Å²) in [7, 11) is 3.91. The Kier molecular flexibility index (Phi) is 5.40. The minimum Gasteiger partial charge on any atom is -0.497 e. The first-order chi connectivity index (χ1) is 9.65. The molecule has 1 heterocycles. The minimum absolute atomic E-state index is 0.270. The molecule has 4 nitrogen and oxygen atoms in total. The lowest BCUT2D eigenvalue weighted by molar-refractivity contribution is 0.146. The van der Waals surface area contributed by atoms with Gasteiger partial charge in [-0.2, -0.15) is 0 Å². The van der Waals surface area contributed by atoms with E-state index in [1.54, 1.807) is 7.11 Å². The summed E-state index contributed by atoms with van der Waals surface area (Å²) in [4.78, 5) is 4.95. The van der Waals surface area contributed by atoms with Crippen molar-refractivity contribution in [3.8, 4) is 5.75 Å². The lowest BCUT2D eigenvalue weighted by Gasteiger charge is -2.35. The maximum Gasteiger partial charge on any atom is 0.119 e. The lowest BCUT2D eigenvalue weighted by atomic mass is 10.0. The van der Waals surface area contributed by atoms with Gasteiger partial charge in [-0.15, -0.1) is 0 Å². The second kappa shape index (κ2) is 7.07. The molecule has 1 saturated heterocycles. The summed E-state index contributed by atoms with van der Waals surface area (Å²) in [5, 5.41) is 0. The number of nitrogens with two attached hydrogens (primary N) is 1. The molecule has 1 aliphatic rings. The van der Waals surface area contributed by atoms with E-state index >= 15 is 0 Å². The average Bonchev–Trinajstić information content (AvgIpc) is 2.61. The van der Waals surface area contributed by atoms with Crippen LogP contribution in [-0.4, -0.2) is 56.2 Å². The van der Waals surface area contributed by atoms with Gasteiger partial charge in [0.2, 0.25) is 0 Å². The van der Waals surface area contributed by atoms with Gasteiger partial charge in [0.25, 0.3) is 0 Å². The second-order valence-electron chi connectivity index (χ2n) is 5.73. The Bertz CT molecular complexity index is 424. The highest BCUT2D eigenvalue weighted by atomic mass is 16.5. The Hall–Kier alpha value is -1.10. The molecule has 4 heteroatoms. The summed E-state index contributed by atoms with van der Waals surface area (Å²) < 4.78 is 5.34. The summed E-state index contributed by atoms with van der Waals surface area (Å²) in [6.07, 6.45) is 1.20. The zero-order chi connectivity index (χ0) is 14.5. The van der Waals surface area contributed by atoms with E-state index in [1.807, 2.05) is 12.1 Å². The third-order valence-electron chi connectivity index (χ3n) is 4.20. The van der Waals surface area contributed by atoms with Crippen LogP contribution in [0.2, 0.25) is 0 Å². The summed E-state index contributed by atoms with van der Waals surface area (Å²) in [6, 6.07) is 9.08. The topological polar surface area (TPSA) is 41.7 Å². The molecule has 2 unspecified atom stereocenters. The number of ether oxygens (including phenoxy) is 1. The molecule has 1 fully saturated rings. The van der Waals surface area contributed by atoms with Crippen LogP contribution in [0.25, 0.3) is 0 Å². The van der Waals surface area contributed by atoms with Gasteiger partial charge in [0, 0.05) is 31.7 Å². The van der Waals surface area contributed by atoms with Crippen molar-refractivity contribution in [1.29, 1.82) is 0 Å². The van der Waals surface area contributed by atoms with Crippen LogP contribution in [0.4, 0.5) is 0 Å². The molecule has 0 aromatic heterocycles. The van der Waals surface area contributed by atoms with E-state index in [9.17, 15) is 0 Å². The van der Waals surface area contributed by atoms with Crippen molar-refractivity contribution >= 4 is 0 Å². The molecule has 2 rings (SSSR count). The summed E-state index contributed by atoms with van der Waals surface area (Å²) >= 11 is 0. The van der Waals surface area contributed by atoms with Crippen molar-refractivity contribution in [1.82, 2.24) is 9.80 Å². The highest BCUT2D eigenvalue weighted by Gasteiger charge is 2.26. The number of hydrogen-bond acceptors (Lipinski definition) is 4. The molecule has 112 valence electrons. The van der Waals surface area contributed by atoms with Crippen LogP contribution < -0.4 is 10.5 Å². The van der Waals surface area contributed by atoms with Crippen molar-refractivity contribution in [3.63, 3.8) is 0 Å². The van der Waals surface area contributed by atoms with Crippen molar-refractivity contribution in [3.05, 3.63) is 29.8 Å². The van der Waals surface area contributed by atoms with Gasteiger partial charge in [-0.25, -0.2) is 0 Å². The number of likely N-dealkylation sites (N-methyl/N-ethyl adjacent to an activating group) is 1. The summed E-state index contributed by atoms with van der Waals surface area (Å²) in [5.74, 6) is 0.903. The Morgan fingerprint density at radius 1 is 1.40 bits per heavy atom. The fourth-order valence-electron chi connectivity index (χ4n) is 3.17. The van der Waals surface area contributed by atoms with Gasteiger partial charge in [0.15, 0.2) is 0 Å². The van der Waals surface area contributed by atoms with Crippen molar-refractivity contribution in [2.75, 3.05) is 40.3 Å². The average molecular weight is 277 g/mol. The van der Waals surface area contributed by atoms with E-state index in [0.717, 1.165) is 25.4 Å². The number of rotatable bonds is 4. The monoisotopic (exact) mass is 277 g/mol. The highest BCUT2D eigenvalue weighted by molar-refractivity contribution is 5.31. The molecular weight excluding hydrogens is 250 g/mol. The first kappa shape index (κ1) is 15.3. The number of benzene rings is 1. The van der Waals surface area contributed by atoms with E-state index in [-0.39, 0.29) is 6.04 Å². The van der Waals surface area contributed by atoms with Crippen molar-refractivity contribution < 1.29 is 4.74 Å². The molecule has 2 atom stereocenters. The van der Waals surface area contributed by atoms with E-state index < -0.39 is 0 Å². The van der Waals surface area contributed by atoms with Gasteiger partial charge < -0.3 is 15.4 Å². The van der Waals surface area contributed by atoms with Gasteiger partial charge in [-0.05, 0) is 44.6 Å². The molecular formula is C16H27N3O. The predicted octanol–water partition coefficient (Wildman–Crippen LogP) is 1.72. The molecule has 0 amide bonds. The fourth-order valence-corrected chi connectivity index (χ4v) is 3.17. The highest BCUT2D eigenvalue weighted by Crippen LogP contribution is 2.26. The maximum absolute atomic E-state index is 6.08. The second-order valence-corrected chi connectivity index (χ2v) is 5.73. The SMILES string of the molecule is COc1cccc(C(CN)N2CCCN(C)CC2C)c1. The van der Waals surface area contributed by atoms with Gasteiger partial charge in [-0.3, -0.25) is 4.90 Å². The molecule has 0 bridgehead atoms. The van der Waals surface area contributed by atoms with Crippen LogP contribution >= 0.6 is 0 Å². The predicted molar refractivity (Wildman–Crippen MR) is 83.1 cm³/mol.